The summed E-state index contributed by atoms with van der Waals surface area (Å²) in [6.07, 6.45) is 2.64. The number of aliphatic carboxylic acids is 1. The summed E-state index contributed by atoms with van der Waals surface area (Å²) < 4.78 is 28.6. The predicted molar refractivity (Wildman–Crippen MR) is 122 cm³/mol. The summed E-state index contributed by atoms with van der Waals surface area (Å²) >= 11 is 4.79. The zero-order valence-electron chi connectivity index (χ0n) is 16.3. The summed E-state index contributed by atoms with van der Waals surface area (Å²) in [5.74, 6) is -0.722. The molecule has 30 heavy (non-hydrogen) atoms. The molecule has 10 heteroatoms. The third-order valence-corrected chi connectivity index (χ3v) is 6.86. The van der Waals surface area contributed by atoms with Gasteiger partial charge in [0.15, 0.2) is 0 Å². The van der Waals surface area contributed by atoms with Crippen LogP contribution in [-0.2, 0) is 26.0 Å². The van der Waals surface area contributed by atoms with E-state index in [4.69, 9.17) is 5.11 Å². The maximum atomic E-state index is 12.7. The lowest BCUT2D eigenvalue weighted by Gasteiger charge is -2.18. The molecule has 0 aromatic heterocycles. The first-order valence-electron chi connectivity index (χ1n) is 9.09. The van der Waals surface area contributed by atoms with Gasteiger partial charge in [-0.15, -0.1) is 0 Å². The lowest BCUT2D eigenvalue weighted by Crippen LogP contribution is -2.44. The molecular weight excluding hydrogens is 492 g/mol. The van der Waals surface area contributed by atoms with Crippen LogP contribution in [0.15, 0.2) is 57.9 Å². The number of carbonyl (C=O) groups is 2. The van der Waals surface area contributed by atoms with Gasteiger partial charge in [-0.2, -0.15) is 16.5 Å². The summed E-state index contributed by atoms with van der Waals surface area (Å²) in [7, 11) is -3.86. The number of carboxylic acids is 1. The summed E-state index contributed by atoms with van der Waals surface area (Å²) in [4.78, 5) is 23.5. The number of sulfonamides is 1. The monoisotopic (exact) mass is 514 g/mol. The van der Waals surface area contributed by atoms with Crippen molar-refractivity contribution in [2.24, 2.45) is 0 Å². The molecule has 0 unspecified atom stereocenters. The zero-order chi connectivity index (χ0) is 22.1. The van der Waals surface area contributed by atoms with E-state index in [9.17, 15) is 18.0 Å². The van der Waals surface area contributed by atoms with Crippen LogP contribution in [0.3, 0.4) is 0 Å². The average Bonchev–Trinajstić information content (AvgIpc) is 2.70. The van der Waals surface area contributed by atoms with Gasteiger partial charge < -0.3 is 10.4 Å². The lowest BCUT2D eigenvalue weighted by molar-refractivity contribution is -0.137. The molecule has 0 fully saturated rings. The van der Waals surface area contributed by atoms with Crippen LogP contribution < -0.4 is 10.0 Å². The molecule has 0 heterocycles. The fourth-order valence-corrected chi connectivity index (χ4v) is 4.55. The predicted octanol–water partition coefficient (Wildman–Crippen LogP) is 3.51. The summed E-state index contributed by atoms with van der Waals surface area (Å²) in [6.45, 7) is 0. The SMILES string of the molecule is CSCC[C@H](NS(=O)(=O)c1ccc(Br)cc1)C(=O)Nc1ccc(CCC(=O)O)cc1. The zero-order valence-corrected chi connectivity index (χ0v) is 19.5. The van der Waals surface area contributed by atoms with E-state index in [0.717, 1.165) is 10.0 Å². The molecule has 0 radical (unpaired) electrons. The van der Waals surface area contributed by atoms with Crippen molar-refractivity contribution in [3.63, 3.8) is 0 Å². The van der Waals surface area contributed by atoms with E-state index in [2.05, 4.69) is 26.0 Å². The van der Waals surface area contributed by atoms with Crippen LogP contribution >= 0.6 is 27.7 Å². The minimum Gasteiger partial charge on any atom is -0.481 e. The number of carboxylic acid groups (broad SMARTS) is 1. The topological polar surface area (TPSA) is 113 Å². The first kappa shape index (κ1) is 24.4. The van der Waals surface area contributed by atoms with E-state index in [0.29, 0.717) is 24.3 Å². The lowest BCUT2D eigenvalue weighted by atomic mass is 10.1. The van der Waals surface area contributed by atoms with Crippen LogP contribution in [0, 0.1) is 0 Å². The second-order valence-corrected chi connectivity index (χ2v) is 10.1. The van der Waals surface area contributed by atoms with Crippen molar-refractivity contribution in [2.45, 2.75) is 30.2 Å². The number of anilines is 1. The summed E-state index contributed by atoms with van der Waals surface area (Å²) in [5, 5.41) is 11.5. The first-order chi connectivity index (χ1) is 14.2. The normalized spacial score (nSPS) is 12.3. The molecule has 2 rings (SSSR count). The number of amides is 1. The Labute approximate surface area is 188 Å². The molecule has 0 saturated carbocycles. The second-order valence-electron chi connectivity index (χ2n) is 6.49. The Morgan fingerprint density at radius 2 is 1.73 bits per heavy atom. The van der Waals surface area contributed by atoms with E-state index < -0.39 is 27.9 Å². The van der Waals surface area contributed by atoms with Gasteiger partial charge in [0.1, 0.15) is 6.04 Å². The van der Waals surface area contributed by atoms with E-state index in [1.165, 1.54) is 23.9 Å². The third-order valence-electron chi connectivity index (χ3n) is 4.20. The maximum Gasteiger partial charge on any atom is 0.303 e. The second kappa shape index (κ2) is 11.5. The maximum absolute atomic E-state index is 12.7. The number of aryl methyl sites for hydroxylation is 1. The number of nitrogens with one attached hydrogen (secondary N) is 2. The molecule has 3 N–H and O–H groups in total. The number of benzene rings is 2. The summed E-state index contributed by atoms with van der Waals surface area (Å²) in [6, 6.07) is 12.1. The Hall–Kier alpha value is -1.88. The highest BCUT2D eigenvalue weighted by Gasteiger charge is 2.25. The van der Waals surface area contributed by atoms with E-state index in [-0.39, 0.29) is 11.3 Å². The first-order valence-corrected chi connectivity index (χ1v) is 12.8. The minimum atomic E-state index is -3.86. The number of carbonyl (C=O) groups excluding carboxylic acids is 1. The van der Waals surface area contributed by atoms with Gasteiger partial charge in [-0.1, -0.05) is 28.1 Å². The van der Waals surface area contributed by atoms with Crippen LogP contribution in [-0.4, -0.2) is 43.5 Å². The van der Waals surface area contributed by atoms with Gasteiger partial charge in [-0.3, -0.25) is 9.59 Å². The van der Waals surface area contributed by atoms with Crippen molar-refractivity contribution < 1.29 is 23.1 Å². The number of rotatable bonds is 11. The molecule has 1 atom stereocenters. The van der Waals surface area contributed by atoms with Crippen LogP contribution in [0.1, 0.15) is 18.4 Å². The molecular formula is C20H23BrN2O5S2. The molecule has 2 aromatic rings. The molecule has 7 nitrogen and oxygen atoms in total. The van der Waals surface area contributed by atoms with Gasteiger partial charge in [0, 0.05) is 16.6 Å². The van der Waals surface area contributed by atoms with Crippen LogP contribution in [0.4, 0.5) is 5.69 Å². The Balaban J connectivity index is 2.09. The third kappa shape index (κ3) is 7.75. The van der Waals surface area contributed by atoms with Crippen molar-refractivity contribution in [1.29, 1.82) is 0 Å². The van der Waals surface area contributed by atoms with E-state index >= 15 is 0 Å². The van der Waals surface area contributed by atoms with Gasteiger partial charge >= 0.3 is 5.97 Å². The molecule has 0 aliphatic carbocycles. The molecule has 0 bridgehead atoms. The number of hydrogen-bond donors (Lipinski definition) is 3. The Bertz CT molecular complexity index is 964. The largest absolute Gasteiger partial charge is 0.481 e. The number of halogens is 1. The van der Waals surface area contributed by atoms with Gasteiger partial charge in [0.25, 0.3) is 0 Å². The van der Waals surface area contributed by atoms with Gasteiger partial charge in [-0.05, 0) is 66.8 Å². The molecule has 162 valence electrons. The van der Waals surface area contributed by atoms with Gasteiger partial charge in [0.05, 0.1) is 4.90 Å². The fourth-order valence-electron chi connectivity index (χ4n) is 2.58. The Kier molecular flexibility index (Phi) is 9.35. The highest BCUT2D eigenvalue weighted by atomic mass is 79.9. The van der Waals surface area contributed by atoms with E-state index in [1.54, 1.807) is 36.4 Å². The molecule has 0 saturated heterocycles. The van der Waals surface area contributed by atoms with Gasteiger partial charge in [0.2, 0.25) is 15.9 Å². The molecule has 0 aliphatic heterocycles. The Morgan fingerprint density at radius 1 is 1.10 bits per heavy atom. The minimum absolute atomic E-state index is 0.0281. The highest BCUT2D eigenvalue weighted by Crippen LogP contribution is 2.17. The van der Waals surface area contributed by atoms with Gasteiger partial charge in [-0.25, -0.2) is 8.42 Å². The molecule has 0 aliphatic rings. The van der Waals surface area contributed by atoms with Crippen LogP contribution in [0.25, 0.3) is 0 Å². The molecule has 2 aromatic carbocycles. The smallest absolute Gasteiger partial charge is 0.303 e. The summed E-state index contributed by atoms with van der Waals surface area (Å²) in [5.41, 5.74) is 1.35. The quantitative estimate of drug-likeness (QED) is 0.422. The van der Waals surface area contributed by atoms with Crippen LogP contribution in [0.5, 0.6) is 0 Å². The average molecular weight is 515 g/mol. The van der Waals surface area contributed by atoms with Crippen LogP contribution in [0.2, 0.25) is 0 Å². The van der Waals surface area contributed by atoms with Crippen molar-refractivity contribution in [1.82, 2.24) is 4.72 Å². The Morgan fingerprint density at radius 3 is 2.30 bits per heavy atom. The molecule has 0 spiro atoms. The van der Waals surface area contributed by atoms with E-state index in [1.807, 2.05) is 6.26 Å². The number of hydrogen-bond acceptors (Lipinski definition) is 5. The fraction of sp³-hybridized carbons (Fsp3) is 0.300. The highest BCUT2D eigenvalue weighted by molar-refractivity contribution is 9.10. The van der Waals surface area contributed by atoms with Crippen molar-refractivity contribution in [3.8, 4) is 0 Å². The van der Waals surface area contributed by atoms with Crippen molar-refractivity contribution in [3.05, 3.63) is 58.6 Å². The standard InChI is InChI=1S/C20H23BrN2O5S2/c1-29-13-12-18(23-30(27,28)17-9-5-15(21)6-10-17)20(26)22-16-7-2-14(3-8-16)4-11-19(24)25/h2-3,5-10,18,23H,4,11-13H2,1H3,(H,22,26)(H,24,25)/t18-/m0/s1. The molecule has 1 amide bonds. The van der Waals surface area contributed by atoms with Crippen molar-refractivity contribution in [2.75, 3.05) is 17.3 Å². The van der Waals surface area contributed by atoms with Crippen molar-refractivity contribution >= 4 is 55.3 Å². The number of thioether (sulfide) groups is 1.